The van der Waals surface area contributed by atoms with E-state index in [-0.39, 0.29) is 30.6 Å². The average molecular weight is 402 g/mol. The molecule has 1 aromatic carbocycles. The predicted molar refractivity (Wildman–Crippen MR) is 95.2 cm³/mol. The van der Waals surface area contributed by atoms with Crippen LogP contribution >= 0.6 is 40.7 Å². The van der Waals surface area contributed by atoms with Gasteiger partial charge in [-0.2, -0.15) is 0 Å². The van der Waals surface area contributed by atoms with Crippen molar-refractivity contribution in [2.75, 3.05) is 26.2 Å². The van der Waals surface area contributed by atoms with Crippen LogP contribution in [-0.4, -0.2) is 31.1 Å². The first kappa shape index (κ1) is 21.1. The van der Waals surface area contributed by atoms with Gasteiger partial charge in [-0.25, -0.2) is 4.39 Å². The summed E-state index contributed by atoms with van der Waals surface area (Å²) in [5, 5.41) is 3.37. The van der Waals surface area contributed by atoms with Gasteiger partial charge in [0.1, 0.15) is 5.82 Å². The highest BCUT2D eigenvalue weighted by Crippen LogP contribution is 2.30. The van der Waals surface area contributed by atoms with E-state index in [1.54, 1.807) is 6.07 Å². The van der Waals surface area contributed by atoms with Gasteiger partial charge in [-0.3, -0.25) is 4.90 Å². The van der Waals surface area contributed by atoms with Crippen LogP contribution in [0.4, 0.5) is 4.39 Å². The second kappa shape index (κ2) is 10.0. The summed E-state index contributed by atoms with van der Waals surface area (Å²) in [6.45, 7) is 8.57. The number of nitrogens with one attached hydrogen (secondary N) is 1. The van der Waals surface area contributed by atoms with Crippen LogP contribution in [-0.2, 0) is 0 Å². The Bertz CT molecular complexity index is 426. The first-order chi connectivity index (χ1) is 9.08. The Balaban J connectivity index is 0.00000200. The lowest BCUT2D eigenvalue weighted by atomic mass is 9.95. The van der Waals surface area contributed by atoms with Gasteiger partial charge < -0.3 is 5.32 Å². The number of benzene rings is 1. The Morgan fingerprint density at radius 2 is 1.86 bits per heavy atom. The van der Waals surface area contributed by atoms with Gasteiger partial charge in [0.25, 0.3) is 0 Å². The number of halogens is 4. The third-order valence-electron chi connectivity index (χ3n) is 3.62. The fraction of sp³-hybridized carbons (Fsp3) is 0.600. The molecule has 0 amide bonds. The zero-order valence-corrected chi connectivity index (χ0v) is 15.7. The van der Waals surface area contributed by atoms with Gasteiger partial charge >= 0.3 is 0 Å². The molecule has 1 N–H and O–H groups in total. The molecule has 1 heterocycles. The number of hydrogen-bond acceptors (Lipinski definition) is 2. The lowest BCUT2D eigenvalue weighted by molar-refractivity contribution is 0.154. The molecule has 1 aliphatic rings. The zero-order valence-electron chi connectivity index (χ0n) is 12.4. The summed E-state index contributed by atoms with van der Waals surface area (Å²) < 4.78 is 14.3. The molecule has 21 heavy (non-hydrogen) atoms. The van der Waals surface area contributed by atoms with Crippen molar-refractivity contribution in [3.05, 3.63) is 34.1 Å². The van der Waals surface area contributed by atoms with Crippen LogP contribution in [0.15, 0.2) is 22.7 Å². The number of hydrogen-bond donors (Lipinski definition) is 1. The molecule has 1 saturated heterocycles. The maximum Gasteiger partial charge on any atom is 0.137 e. The summed E-state index contributed by atoms with van der Waals surface area (Å²) in [6, 6.07) is 5.87. The molecule has 122 valence electrons. The minimum Gasteiger partial charge on any atom is -0.314 e. The van der Waals surface area contributed by atoms with Crippen molar-refractivity contribution in [2.45, 2.75) is 26.3 Å². The van der Waals surface area contributed by atoms with E-state index in [2.05, 4.69) is 40.0 Å². The third kappa shape index (κ3) is 6.03. The van der Waals surface area contributed by atoms with E-state index in [4.69, 9.17) is 0 Å². The molecular weight excluding hydrogens is 378 g/mol. The monoisotopic (exact) mass is 400 g/mol. The Morgan fingerprint density at radius 1 is 1.24 bits per heavy atom. The Kier molecular flexibility index (Phi) is 10.1. The summed E-state index contributed by atoms with van der Waals surface area (Å²) in [5.41, 5.74) is 1.09. The second-order valence-corrected chi connectivity index (χ2v) is 6.46. The van der Waals surface area contributed by atoms with Crippen LogP contribution in [0.25, 0.3) is 0 Å². The maximum absolute atomic E-state index is 13.8. The van der Waals surface area contributed by atoms with E-state index in [1.807, 2.05) is 12.1 Å². The van der Waals surface area contributed by atoms with Crippen LogP contribution in [0.2, 0.25) is 0 Å². The zero-order chi connectivity index (χ0) is 13.8. The molecule has 1 aromatic rings. The van der Waals surface area contributed by atoms with Gasteiger partial charge in [-0.05, 0) is 46.0 Å². The second-order valence-electron chi connectivity index (χ2n) is 5.60. The van der Waals surface area contributed by atoms with Crippen molar-refractivity contribution in [1.29, 1.82) is 0 Å². The van der Waals surface area contributed by atoms with E-state index in [0.29, 0.717) is 16.4 Å². The number of rotatable bonds is 4. The van der Waals surface area contributed by atoms with Gasteiger partial charge in [0.2, 0.25) is 0 Å². The molecule has 0 unspecified atom stereocenters. The molecule has 0 spiro atoms. The summed E-state index contributed by atoms with van der Waals surface area (Å²) in [4.78, 5) is 2.47. The van der Waals surface area contributed by atoms with Crippen molar-refractivity contribution in [3.8, 4) is 0 Å². The van der Waals surface area contributed by atoms with Crippen molar-refractivity contribution >= 4 is 40.7 Å². The summed E-state index contributed by atoms with van der Waals surface area (Å²) >= 11 is 3.23. The molecule has 0 saturated carbocycles. The first-order valence-corrected chi connectivity index (χ1v) is 7.77. The largest absolute Gasteiger partial charge is 0.314 e. The fourth-order valence-corrected chi connectivity index (χ4v) is 2.90. The molecular formula is C15H24BrCl2FN2. The lowest BCUT2D eigenvalue weighted by Crippen LogP contribution is -2.45. The maximum atomic E-state index is 13.8. The quantitative estimate of drug-likeness (QED) is 0.802. The molecule has 1 fully saturated rings. The van der Waals surface area contributed by atoms with E-state index in [9.17, 15) is 4.39 Å². The number of nitrogens with zero attached hydrogens (tertiary/aromatic N) is 1. The van der Waals surface area contributed by atoms with Crippen LogP contribution in [0.5, 0.6) is 0 Å². The van der Waals surface area contributed by atoms with Crippen molar-refractivity contribution in [2.24, 2.45) is 5.92 Å². The predicted octanol–water partition coefficient (Wildman–Crippen LogP) is 4.42. The minimum absolute atomic E-state index is 0. The summed E-state index contributed by atoms with van der Waals surface area (Å²) in [5.74, 6) is 0.438. The van der Waals surface area contributed by atoms with E-state index in [0.717, 1.165) is 38.2 Å². The van der Waals surface area contributed by atoms with E-state index < -0.39 is 0 Å². The SMILES string of the molecule is CC(C)C[C@H](c1ccc(Br)c(F)c1)N1CCNCC1.Cl.Cl. The fourth-order valence-electron chi connectivity index (χ4n) is 2.66. The highest BCUT2D eigenvalue weighted by molar-refractivity contribution is 9.10. The molecule has 0 radical (unpaired) electrons. The molecule has 6 heteroatoms. The van der Waals surface area contributed by atoms with Gasteiger partial charge in [-0.1, -0.05) is 19.9 Å². The Morgan fingerprint density at radius 3 is 2.38 bits per heavy atom. The van der Waals surface area contributed by atoms with Gasteiger partial charge in [0.15, 0.2) is 0 Å². The highest BCUT2D eigenvalue weighted by Gasteiger charge is 2.23. The molecule has 2 rings (SSSR count). The first-order valence-electron chi connectivity index (χ1n) is 6.97. The summed E-state index contributed by atoms with van der Waals surface area (Å²) in [6.07, 6.45) is 1.07. The summed E-state index contributed by atoms with van der Waals surface area (Å²) in [7, 11) is 0. The van der Waals surface area contributed by atoms with E-state index >= 15 is 0 Å². The number of piperazine rings is 1. The van der Waals surface area contributed by atoms with Crippen LogP contribution in [0.1, 0.15) is 31.9 Å². The van der Waals surface area contributed by atoms with Crippen LogP contribution < -0.4 is 5.32 Å². The molecule has 0 aromatic heterocycles. The van der Waals surface area contributed by atoms with Gasteiger partial charge in [0, 0.05) is 32.2 Å². The van der Waals surface area contributed by atoms with Crippen molar-refractivity contribution < 1.29 is 4.39 Å². The van der Waals surface area contributed by atoms with Crippen LogP contribution in [0, 0.1) is 11.7 Å². The molecule has 0 aliphatic carbocycles. The molecule has 1 aliphatic heterocycles. The molecule has 2 nitrogen and oxygen atoms in total. The smallest absolute Gasteiger partial charge is 0.137 e. The minimum atomic E-state index is -0.165. The normalized spacial score (nSPS) is 17.0. The Hall–Kier alpha value is 0.130. The highest BCUT2D eigenvalue weighted by atomic mass is 79.9. The van der Waals surface area contributed by atoms with Gasteiger partial charge in [0.05, 0.1) is 4.47 Å². The molecule has 1 atom stereocenters. The van der Waals surface area contributed by atoms with Crippen molar-refractivity contribution in [3.63, 3.8) is 0 Å². The van der Waals surface area contributed by atoms with Gasteiger partial charge in [-0.15, -0.1) is 24.8 Å². The topological polar surface area (TPSA) is 15.3 Å². The van der Waals surface area contributed by atoms with Crippen molar-refractivity contribution in [1.82, 2.24) is 10.2 Å². The standard InChI is InChI=1S/C15H22BrFN2.2ClH/c1-11(2)9-15(19-7-5-18-6-8-19)12-3-4-13(16)14(17)10-12;;/h3-4,10-11,15,18H,5-9H2,1-2H3;2*1H/t15-;;/m1../s1. The Labute approximate surface area is 147 Å². The average Bonchev–Trinajstić information content (AvgIpc) is 2.40. The van der Waals surface area contributed by atoms with Crippen LogP contribution in [0.3, 0.4) is 0 Å². The van der Waals surface area contributed by atoms with E-state index in [1.165, 1.54) is 0 Å². The molecule has 0 bridgehead atoms. The lowest BCUT2D eigenvalue weighted by Gasteiger charge is -2.36. The third-order valence-corrected chi connectivity index (χ3v) is 4.26.